The van der Waals surface area contributed by atoms with Crippen molar-refractivity contribution in [3.63, 3.8) is 0 Å². The highest BCUT2D eigenvalue weighted by atomic mass is 19.4. The minimum atomic E-state index is -4.21. The standard InChI is InChI=1S/C14H14F2O2.C8H7F3.CH2O/c15-10-4-5-11(16)13-12(10)14(8-17)6-2-1-3-9(14)7-18-13;1-6-2-4-7(5-3-6)8(9,10)11;1-2/h4-5,8-9H,1-3,6-7H2;2-5H,1H3;1H2. The van der Waals surface area contributed by atoms with Crippen molar-refractivity contribution in [3.8, 4) is 5.75 Å². The maximum Gasteiger partial charge on any atom is 0.416 e. The van der Waals surface area contributed by atoms with Crippen molar-refractivity contribution in [3.05, 3.63) is 64.7 Å². The Labute approximate surface area is 177 Å². The maximum absolute atomic E-state index is 14.0. The van der Waals surface area contributed by atoms with Gasteiger partial charge < -0.3 is 14.3 Å². The number of rotatable bonds is 1. The molecule has 31 heavy (non-hydrogen) atoms. The van der Waals surface area contributed by atoms with Crippen molar-refractivity contribution in [2.24, 2.45) is 5.92 Å². The Morgan fingerprint density at radius 1 is 1.03 bits per heavy atom. The van der Waals surface area contributed by atoms with Crippen LogP contribution in [-0.2, 0) is 21.2 Å². The van der Waals surface area contributed by atoms with E-state index in [0.717, 1.165) is 55.4 Å². The molecule has 0 bridgehead atoms. The number of hydrogen-bond donors (Lipinski definition) is 0. The fourth-order valence-corrected chi connectivity index (χ4v) is 4.08. The van der Waals surface area contributed by atoms with E-state index in [2.05, 4.69) is 0 Å². The molecule has 0 N–H and O–H groups in total. The van der Waals surface area contributed by atoms with Gasteiger partial charge in [-0.25, -0.2) is 8.78 Å². The predicted molar refractivity (Wildman–Crippen MR) is 105 cm³/mol. The third-order valence-electron chi connectivity index (χ3n) is 5.66. The first-order valence-electron chi connectivity index (χ1n) is 9.69. The van der Waals surface area contributed by atoms with Crippen LogP contribution in [0.25, 0.3) is 0 Å². The number of halogens is 5. The Morgan fingerprint density at radius 3 is 2.23 bits per heavy atom. The molecule has 1 aliphatic carbocycles. The molecule has 2 unspecified atom stereocenters. The zero-order valence-corrected chi connectivity index (χ0v) is 17.0. The van der Waals surface area contributed by atoms with Crippen molar-refractivity contribution in [1.29, 1.82) is 0 Å². The van der Waals surface area contributed by atoms with Gasteiger partial charge in [0.1, 0.15) is 18.9 Å². The zero-order chi connectivity index (χ0) is 23.2. The van der Waals surface area contributed by atoms with Crippen LogP contribution in [-0.4, -0.2) is 19.7 Å². The Morgan fingerprint density at radius 2 is 1.65 bits per heavy atom. The average Bonchev–Trinajstić information content (AvgIpc) is 2.77. The van der Waals surface area contributed by atoms with Crippen LogP contribution < -0.4 is 4.74 Å². The third kappa shape index (κ3) is 5.11. The van der Waals surface area contributed by atoms with Crippen molar-refractivity contribution >= 4 is 13.1 Å². The topological polar surface area (TPSA) is 43.4 Å². The lowest BCUT2D eigenvalue weighted by atomic mass is 9.62. The summed E-state index contributed by atoms with van der Waals surface area (Å²) < 4.78 is 68.9. The van der Waals surface area contributed by atoms with Crippen LogP contribution in [0.4, 0.5) is 22.0 Å². The second-order valence-corrected chi connectivity index (χ2v) is 7.51. The van der Waals surface area contributed by atoms with E-state index in [0.29, 0.717) is 13.0 Å². The summed E-state index contributed by atoms with van der Waals surface area (Å²) >= 11 is 0. The number of carbonyl (C=O) groups excluding carboxylic acids is 2. The first-order valence-corrected chi connectivity index (χ1v) is 9.69. The summed E-state index contributed by atoms with van der Waals surface area (Å²) in [5, 5.41) is 0. The number of carbonyl (C=O) groups is 2. The first kappa shape index (κ1) is 24.5. The summed E-state index contributed by atoms with van der Waals surface area (Å²) in [6.45, 7) is 4.05. The molecular weight excluding hydrogens is 419 g/mol. The molecule has 1 fully saturated rings. The summed E-state index contributed by atoms with van der Waals surface area (Å²) in [6, 6.07) is 7.19. The highest BCUT2D eigenvalue weighted by molar-refractivity contribution is 5.72. The SMILES string of the molecule is C=O.Cc1ccc(C(F)(F)F)cc1.O=CC12CCCCC1COc1c(F)ccc(F)c12. The van der Waals surface area contributed by atoms with Gasteiger partial charge in [-0.2, -0.15) is 13.2 Å². The van der Waals surface area contributed by atoms with E-state index in [9.17, 15) is 26.7 Å². The van der Waals surface area contributed by atoms with E-state index in [4.69, 9.17) is 9.53 Å². The second kappa shape index (κ2) is 10.0. The summed E-state index contributed by atoms with van der Waals surface area (Å²) in [6.07, 6.45) is -0.124. The van der Waals surface area contributed by atoms with Crippen LogP contribution in [0.5, 0.6) is 5.75 Å². The summed E-state index contributed by atoms with van der Waals surface area (Å²) in [5.41, 5.74) is -0.521. The van der Waals surface area contributed by atoms with Crippen molar-refractivity contribution in [2.75, 3.05) is 6.61 Å². The third-order valence-corrected chi connectivity index (χ3v) is 5.66. The molecule has 2 aromatic carbocycles. The number of aldehydes is 1. The van der Waals surface area contributed by atoms with E-state index in [-0.39, 0.29) is 17.2 Å². The lowest BCUT2D eigenvalue weighted by Gasteiger charge is -2.44. The van der Waals surface area contributed by atoms with Crippen LogP contribution in [0.1, 0.15) is 42.4 Å². The molecule has 2 atom stereocenters. The number of aryl methyl sites for hydroxylation is 1. The minimum absolute atomic E-state index is 0.0347. The lowest BCUT2D eigenvalue weighted by Crippen LogP contribution is -2.46. The summed E-state index contributed by atoms with van der Waals surface area (Å²) in [5.74, 6) is -1.23. The molecule has 3 nitrogen and oxygen atoms in total. The van der Waals surface area contributed by atoms with Crippen molar-refractivity contribution in [1.82, 2.24) is 0 Å². The summed E-state index contributed by atoms with van der Waals surface area (Å²) in [4.78, 5) is 19.6. The van der Waals surface area contributed by atoms with Gasteiger partial charge in [0.05, 0.1) is 17.6 Å². The van der Waals surface area contributed by atoms with Gasteiger partial charge in [0.2, 0.25) is 0 Å². The molecular formula is C23H23F5O3. The molecule has 1 heterocycles. The first-order chi connectivity index (χ1) is 14.7. The summed E-state index contributed by atoms with van der Waals surface area (Å²) in [7, 11) is 0. The molecule has 1 aliphatic heterocycles. The fourth-order valence-electron chi connectivity index (χ4n) is 4.08. The molecule has 0 saturated heterocycles. The fraction of sp³-hybridized carbons (Fsp3) is 0.391. The average molecular weight is 442 g/mol. The Hall–Kier alpha value is -2.77. The van der Waals surface area contributed by atoms with E-state index >= 15 is 0 Å². The van der Waals surface area contributed by atoms with Crippen LogP contribution in [0.2, 0.25) is 0 Å². The van der Waals surface area contributed by atoms with Gasteiger partial charge in [0.25, 0.3) is 0 Å². The van der Waals surface area contributed by atoms with Crippen LogP contribution in [0.3, 0.4) is 0 Å². The van der Waals surface area contributed by atoms with Gasteiger partial charge >= 0.3 is 6.18 Å². The molecule has 2 aliphatic rings. The van der Waals surface area contributed by atoms with Crippen LogP contribution in [0.15, 0.2) is 36.4 Å². The van der Waals surface area contributed by atoms with E-state index < -0.39 is 28.8 Å². The molecule has 2 aromatic rings. The van der Waals surface area contributed by atoms with Gasteiger partial charge in [-0.05, 0) is 44.0 Å². The number of alkyl halides is 3. The van der Waals surface area contributed by atoms with Gasteiger partial charge in [-0.15, -0.1) is 0 Å². The molecule has 1 saturated carbocycles. The van der Waals surface area contributed by atoms with E-state index in [1.54, 1.807) is 6.92 Å². The van der Waals surface area contributed by atoms with Crippen LogP contribution in [0, 0.1) is 24.5 Å². The molecule has 0 spiro atoms. The molecule has 8 heteroatoms. The van der Waals surface area contributed by atoms with Crippen molar-refractivity contribution in [2.45, 2.75) is 44.2 Å². The minimum Gasteiger partial charge on any atom is -0.490 e. The van der Waals surface area contributed by atoms with Crippen LogP contribution >= 0.6 is 0 Å². The number of ether oxygens (including phenoxy) is 1. The molecule has 4 rings (SSSR count). The smallest absolute Gasteiger partial charge is 0.416 e. The highest BCUT2D eigenvalue weighted by Gasteiger charge is 2.49. The zero-order valence-electron chi connectivity index (χ0n) is 17.0. The van der Waals surface area contributed by atoms with Gasteiger partial charge in [0, 0.05) is 11.5 Å². The van der Waals surface area contributed by atoms with Gasteiger partial charge in [-0.1, -0.05) is 30.5 Å². The second-order valence-electron chi connectivity index (χ2n) is 7.51. The maximum atomic E-state index is 14.0. The number of fused-ring (bicyclic) bond motifs is 3. The predicted octanol–water partition coefficient (Wildman–Crippen LogP) is 5.81. The normalized spacial score (nSPS) is 21.7. The monoisotopic (exact) mass is 442 g/mol. The van der Waals surface area contributed by atoms with E-state index in [1.165, 1.54) is 12.1 Å². The van der Waals surface area contributed by atoms with Crippen molar-refractivity contribution < 1.29 is 36.3 Å². The highest BCUT2D eigenvalue weighted by Crippen LogP contribution is 2.50. The molecule has 0 aromatic heterocycles. The van der Waals surface area contributed by atoms with E-state index in [1.807, 2.05) is 6.79 Å². The largest absolute Gasteiger partial charge is 0.490 e. The Balaban J connectivity index is 0.000000226. The van der Waals surface area contributed by atoms with Gasteiger partial charge in [-0.3, -0.25) is 0 Å². The molecule has 168 valence electrons. The number of benzene rings is 2. The molecule has 0 amide bonds. The molecule has 0 radical (unpaired) electrons. The number of hydrogen-bond acceptors (Lipinski definition) is 3. The Bertz CT molecular complexity index is 895. The van der Waals surface area contributed by atoms with Gasteiger partial charge in [0.15, 0.2) is 11.6 Å². The quantitative estimate of drug-likeness (QED) is 0.413. The Kier molecular flexibility index (Phi) is 7.92. The lowest BCUT2D eigenvalue weighted by molar-refractivity contribution is -0.137.